The largest absolute Gasteiger partial charge is 0.0628 e. The van der Waals surface area contributed by atoms with Crippen LogP contribution in [0, 0.1) is 52.8 Å². The summed E-state index contributed by atoms with van der Waals surface area (Å²) in [7, 11) is 0. The van der Waals surface area contributed by atoms with Crippen molar-refractivity contribution in [2.75, 3.05) is 0 Å². The van der Waals surface area contributed by atoms with Gasteiger partial charge >= 0.3 is 0 Å². The van der Waals surface area contributed by atoms with Crippen LogP contribution in [-0.4, -0.2) is 0 Å². The van der Waals surface area contributed by atoms with Gasteiger partial charge in [0.2, 0.25) is 0 Å². The summed E-state index contributed by atoms with van der Waals surface area (Å²) in [6, 6.07) is 0. The van der Waals surface area contributed by atoms with Crippen LogP contribution in [0.15, 0.2) is 0 Å². The summed E-state index contributed by atoms with van der Waals surface area (Å²) >= 11 is 0. The highest BCUT2D eigenvalue weighted by Gasteiger charge is 2.55. The first-order valence-electron chi connectivity index (χ1n) is 12.5. The lowest BCUT2D eigenvalue weighted by atomic mass is 9.47. The second kappa shape index (κ2) is 7.79. The van der Waals surface area contributed by atoms with Crippen molar-refractivity contribution in [1.29, 1.82) is 0 Å². The van der Waals surface area contributed by atoms with Crippen LogP contribution in [0.25, 0.3) is 0 Å². The molecule has 4 aliphatic carbocycles. The molecule has 0 heterocycles. The third kappa shape index (κ3) is 3.41. The van der Waals surface area contributed by atoms with Gasteiger partial charge in [0.25, 0.3) is 0 Å². The average Bonchev–Trinajstić information content (AvgIpc) is 3.05. The zero-order valence-corrected chi connectivity index (χ0v) is 18.3. The summed E-state index contributed by atoms with van der Waals surface area (Å²) in [5.41, 5.74) is 0.729. The molecule has 0 spiro atoms. The Morgan fingerprint density at radius 3 is 2.35 bits per heavy atom. The van der Waals surface area contributed by atoms with E-state index in [0.29, 0.717) is 0 Å². The highest BCUT2D eigenvalue weighted by Crippen LogP contribution is 2.64. The molecule has 150 valence electrons. The molecule has 0 aromatic heterocycles. The molecule has 0 saturated heterocycles. The minimum absolute atomic E-state index is 0.729. The van der Waals surface area contributed by atoms with Crippen molar-refractivity contribution >= 4 is 0 Å². The minimum atomic E-state index is 0.729. The van der Waals surface area contributed by atoms with Gasteiger partial charge in [-0.2, -0.15) is 0 Å². The Labute approximate surface area is 164 Å². The molecule has 0 amide bonds. The summed E-state index contributed by atoms with van der Waals surface area (Å²) in [4.78, 5) is 0. The first-order valence-corrected chi connectivity index (χ1v) is 12.5. The van der Waals surface area contributed by atoms with Crippen molar-refractivity contribution in [3.63, 3.8) is 0 Å². The highest BCUT2D eigenvalue weighted by atomic mass is 14.6. The van der Waals surface area contributed by atoms with E-state index in [-0.39, 0.29) is 0 Å². The van der Waals surface area contributed by atoms with Gasteiger partial charge in [0.1, 0.15) is 0 Å². The smallest absolute Gasteiger partial charge is 0.0266 e. The van der Waals surface area contributed by atoms with Crippen LogP contribution in [0.4, 0.5) is 0 Å². The fourth-order valence-corrected chi connectivity index (χ4v) is 8.76. The van der Waals surface area contributed by atoms with Gasteiger partial charge in [-0.3, -0.25) is 0 Å². The number of hydrogen-bond acceptors (Lipinski definition) is 0. The molecule has 0 radical (unpaired) electrons. The standard InChI is InChI=1S/C26H46/c1-18(2)8-7-9-19(3)21-13-14-23-22(21)15-16-25-24(23)12-11-20-10-5-6-17-26(20,25)4/h18-25H,5-17H2,1-4H3/t19-,20?,21-,22?,23-,24+,25+,26+/m1/s1. The monoisotopic (exact) mass is 358 g/mol. The van der Waals surface area contributed by atoms with E-state index < -0.39 is 0 Å². The van der Waals surface area contributed by atoms with Gasteiger partial charge in [0, 0.05) is 0 Å². The van der Waals surface area contributed by atoms with E-state index in [1.807, 2.05) is 0 Å². The predicted octanol–water partition coefficient (Wildman–Crippen LogP) is 8.11. The molecule has 0 aromatic carbocycles. The molecule has 0 nitrogen and oxygen atoms in total. The summed E-state index contributed by atoms with van der Waals surface area (Å²) in [5.74, 6) is 8.47. The van der Waals surface area contributed by atoms with Crippen molar-refractivity contribution in [3.05, 3.63) is 0 Å². The van der Waals surface area contributed by atoms with E-state index in [1.165, 1.54) is 32.1 Å². The molecule has 4 aliphatic rings. The van der Waals surface area contributed by atoms with E-state index in [4.69, 9.17) is 0 Å². The van der Waals surface area contributed by atoms with E-state index in [2.05, 4.69) is 27.7 Å². The van der Waals surface area contributed by atoms with E-state index >= 15 is 0 Å². The summed E-state index contributed by atoms with van der Waals surface area (Å²) in [6.45, 7) is 10.1. The van der Waals surface area contributed by atoms with Crippen molar-refractivity contribution in [2.45, 2.75) is 111 Å². The van der Waals surface area contributed by atoms with E-state index in [0.717, 1.165) is 52.8 Å². The molecule has 4 fully saturated rings. The molecule has 0 heteroatoms. The third-order valence-electron chi connectivity index (χ3n) is 10.1. The zero-order chi connectivity index (χ0) is 18.3. The normalized spacial score (nSPS) is 46.5. The van der Waals surface area contributed by atoms with Gasteiger partial charge in [-0.1, -0.05) is 59.8 Å². The Balaban J connectivity index is 1.40. The maximum Gasteiger partial charge on any atom is -0.0266 e. The van der Waals surface area contributed by atoms with Gasteiger partial charge in [0.15, 0.2) is 0 Å². The molecule has 0 aromatic rings. The topological polar surface area (TPSA) is 0 Å². The molecule has 8 atom stereocenters. The molecule has 0 N–H and O–H groups in total. The van der Waals surface area contributed by atoms with Crippen LogP contribution in [0.1, 0.15) is 111 Å². The van der Waals surface area contributed by atoms with Crippen molar-refractivity contribution < 1.29 is 0 Å². The number of rotatable bonds is 5. The van der Waals surface area contributed by atoms with E-state index in [1.54, 1.807) is 51.4 Å². The van der Waals surface area contributed by atoms with Crippen LogP contribution < -0.4 is 0 Å². The Kier molecular flexibility index (Phi) is 5.79. The quantitative estimate of drug-likeness (QED) is 0.465. The fraction of sp³-hybridized carbons (Fsp3) is 1.00. The lowest BCUT2D eigenvalue weighted by Gasteiger charge is -2.58. The zero-order valence-electron chi connectivity index (χ0n) is 18.3. The van der Waals surface area contributed by atoms with Crippen LogP contribution in [-0.2, 0) is 0 Å². The SMILES string of the molecule is CC(C)CCC[C@@H](C)[C@H]1CC[C@@H]2C1CC[C@H]1[C@H]2CCC2CCCC[C@@]21C. The van der Waals surface area contributed by atoms with Crippen molar-refractivity contribution in [2.24, 2.45) is 52.8 Å². The molecular weight excluding hydrogens is 312 g/mol. The third-order valence-corrected chi connectivity index (χ3v) is 10.1. The molecule has 26 heavy (non-hydrogen) atoms. The second-order valence-electron chi connectivity index (χ2n) is 11.7. The maximum absolute atomic E-state index is 2.73. The van der Waals surface area contributed by atoms with Gasteiger partial charge < -0.3 is 0 Å². The Morgan fingerprint density at radius 2 is 1.54 bits per heavy atom. The van der Waals surface area contributed by atoms with Gasteiger partial charge in [-0.05, 0) is 104 Å². The lowest BCUT2D eigenvalue weighted by molar-refractivity contribution is -0.0886. The highest BCUT2D eigenvalue weighted by molar-refractivity contribution is 5.05. The molecule has 4 saturated carbocycles. The summed E-state index contributed by atoms with van der Waals surface area (Å²) in [6.07, 6.45) is 20.1. The molecular formula is C26H46. The van der Waals surface area contributed by atoms with Crippen molar-refractivity contribution in [3.8, 4) is 0 Å². The first-order chi connectivity index (χ1) is 12.5. The molecule has 2 unspecified atom stereocenters. The summed E-state index contributed by atoms with van der Waals surface area (Å²) in [5, 5.41) is 0. The van der Waals surface area contributed by atoms with Gasteiger partial charge in [0.05, 0.1) is 0 Å². The molecule has 4 rings (SSSR count). The number of hydrogen-bond donors (Lipinski definition) is 0. The first kappa shape index (κ1) is 19.3. The van der Waals surface area contributed by atoms with Gasteiger partial charge in [-0.25, -0.2) is 0 Å². The Hall–Kier alpha value is 0. The predicted molar refractivity (Wildman–Crippen MR) is 113 cm³/mol. The van der Waals surface area contributed by atoms with Gasteiger partial charge in [-0.15, -0.1) is 0 Å². The Bertz CT molecular complexity index is 465. The molecule has 0 aliphatic heterocycles. The maximum atomic E-state index is 2.73. The molecule has 0 bridgehead atoms. The second-order valence-corrected chi connectivity index (χ2v) is 11.7. The Morgan fingerprint density at radius 1 is 0.769 bits per heavy atom. The van der Waals surface area contributed by atoms with Crippen LogP contribution >= 0.6 is 0 Å². The fourth-order valence-electron chi connectivity index (χ4n) is 8.76. The average molecular weight is 359 g/mol. The van der Waals surface area contributed by atoms with Crippen LogP contribution in [0.5, 0.6) is 0 Å². The van der Waals surface area contributed by atoms with E-state index in [9.17, 15) is 0 Å². The lowest BCUT2D eigenvalue weighted by Crippen LogP contribution is -2.50. The van der Waals surface area contributed by atoms with Crippen LogP contribution in [0.3, 0.4) is 0 Å². The van der Waals surface area contributed by atoms with Crippen LogP contribution in [0.2, 0.25) is 0 Å². The summed E-state index contributed by atoms with van der Waals surface area (Å²) < 4.78 is 0. The number of fused-ring (bicyclic) bond motifs is 5. The van der Waals surface area contributed by atoms with Crippen molar-refractivity contribution in [1.82, 2.24) is 0 Å². The minimum Gasteiger partial charge on any atom is -0.0628 e.